The zero-order valence-electron chi connectivity index (χ0n) is 13.8. The predicted octanol–water partition coefficient (Wildman–Crippen LogP) is 0.306. The van der Waals surface area contributed by atoms with Gasteiger partial charge >= 0.3 is 11.7 Å². The lowest BCUT2D eigenvalue weighted by atomic mass is 10.5. The third-order valence-electron chi connectivity index (χ3n) is 3.26. The molecule has 24 heavy (non-hydrogen) atoms. The Morgan fingerprint density at radius 1 is 1.08 bits per heavy atom. The van der Waals surface area contributed by atoms with Gasteiger partial charge in [-0.15, -0.1) is 0 Å². The topological polar surface area (TPSA) is 100 Å². The minimum atomic E-state index is -0.448. The first kappa shape index (κ1) is 17.1. The summed E-state index contributed by atoms with van der Waals surface area (Å²) in [4.78, 5) is 43.1. The van der Waals surface area contributed by atoms with Crippen LogP contribution in [0.2, 0.25) is 0 Å². The van der Waals surface area contributed by atoms with Crippen molar-refractivity contribution in [2.75, 3.05) is 0 Å². The van der Waals surface area contributed by atoms with Crippen LogP contribution < -0.4 is 11.2 Å². The van der Waals surface area contributed by atoms with Crippen LogP contribution in [-0.4, -0.2) is 30.9 Å². The van der Waals surface area contributed by atoms with E-state index in [1.807, 2.05) is 0 Å². The van der Waals surface area contributed by atoms with Crippen LogP contribution in [0.25, 0.3) is 11.2 Å². The number of aromatic nitrogens is 4. The zero-order chi connectivity index (χ0) is 17.9. The van der Waals surface area contributed by atoms with Crippen molar-refractivity contribution in [2.24, 2.45) is 26.1 Å². The maximum Gasteiger partial charge on any atom is 0.332 e. The van der Waals surface area contributed by atoms with E-state index < -0.39 is 17.2 Å². The third kappa shape index (κ3) is 3.24. The van der Waals surface area contributed by atoms with E-state index in [0.29, 0.717) is 5.52 Å². The Morgan fingerprint density at radius 3 is 2.46 bits per heavy atom. The number of nitrogens with zero attached hydrogens (tertiary/aromatic N) is 5. The first-order valence-corrected chi connectivity index (χ1v) is 7.00. The number of fused-ring (bicyclic) bond motifs is 1. The first-order valence-electron chi connectivity index (χ1n) is 7.00. The fraction of sp³-hybridized carbons (Fsp3) is 0.267. The molecule has 126 valence electrons. The molecule has 0 spiro atoms. The molecular formula is C15H17N5O4. The number of ether oxygens (including phenoxy) is 1. The van der Waals surface area contributed by atoms with E-state index in [4.69, 9.17) is 0 Å². The van der Waals surface area contributed by atoms with E-state index in [-0.39, 0.29) is 11.6 Å². The maximum absolute atomic E-state index is 12.2. The summed E-state index contributed by atoms with van der Waals surface area (Å²) in [6.45, 7) is 1.30. The van der Waals surface area contributed by atoms with E-state index >= 15 is 0 Å². The van der Waals surface area contributed by atoms with Gasteiger partial charge in [0.05, 0.1) is 6.26 Å². The second-order valence-electron chi connectivity index (χ2n) is 4.95. The average Bonchev–Trinajstić information content (AvgIpc) is 2.86. The summed E-state index contributed by atoms with van der Waals surface area (Å²) >= 11 is 0. The van der Waals surface area contributed by atoms with E-state index in [1.165, 1.54) is 41.7 Å². The fourth-order valence-electron chi connectivity index (χ4n) is 2.03. The fourth-order valence-corrected chi connectivity index (χ4v) is 2.03. The van der Waals surface area contributed by atoms with E-state index in [9.17, 15) is 14.4 Å². The molecule has 0 saturated heterocycles. The lowest BCUT2D eigenvalue weighted by Crippen LogP contribution is -2.37. The van der Waals surface area contributed by atoms with Crippen molar-refractivity contribution >= 4 is 29.3 Å². The van der Waals surface area contributed by atoms with Gasteiger partial charge in [-0.1, -0.05) is 6.08 Å². The highest BCUT2D eigenvalue weighted by molar-refractivity contribution is 5.77. The van der Waals surface area contributed by atoms with E-state index in [1.54, 1.807) is 26.2 Å². The number of rotatable bonds is 4. The maximum atomic E-state index is 12.2. The molecule has 0 aliphatic rings. The van der Waals surface area contributed by atoms with Crippen molar-refractivity contribution in [3.63, 3.8) is 0 Å². The summed E-state index contributed by atoms with van der Waals surface area (Å²) in [6, 6.07) is 0. The van der Waals surface area contributed by atoms with Crippen molar-refractivity contribution in [2.45, 2.75) is 6.92 Å². The van der Waals surface area contributed by atoms with Crippen LogP contribution in [0.5, 0.6) is 0 Å². The van der Waals surface area contributed by atoms with Gasteiger partial charge in [0.2, 0.25) is 5.95 Å². The molecule has 0 unspecified atom stereocenters. The van der Waals surface area contributed by atoms with Gasteiger partial charge in [-0.25, -0.2) is 9.79 Å². The molecule has 2 aromatic heterocycles. The largest absolute Gasteiger partial charge is 0.435 e. The molecule has 0 radical (unpaired) electrons. The average molecular weight is 331 g/mol. The third-order valence-corrected chi connectivity index (χ3v) is 3.26. The zero-order valence-corrected chi connectivity index (χ0v) is 13.8. The number of hydrogen-bond acceptors (Lipinski definition) is 6. The molecule has 0 fully saturated rings. The van der Waals surface area contributed by atoms with Crippen LogP contribution in [-0.2, 0) is 30.7 Å². The molecule has 0 bridgehead atoms. The highest BCUT2D eigenvalue weighted by Gasteiger charge is 2.15. The van der Waals surface area contributed by atoms with Gasteiger partial charge in [0.25, 0.3) is 5.56 Å². The second-order valence-corrected chi connectivity index (χ2v) is 4.95. The summed E-state index contributed by atoms with van der Waals surface area (Å²) in [5.41, 5.74) is -0.303. The Hall–Kier alpha value is -3.23. The molecule has 2 rings (SSSR count). The Labute approximate surface area is 136 Å². The smallest absolute Gasteiger partial charge is 0.332 e. The number of carbonyl (C=O) groups excluding carboxylic acids is 1. The molecule has 0 atom stereocenters. The van der Waals surface area contributed by atoms with Gasteiger partial charge in [0.1, 0.15) is 0 Å². The van der Waals surface area contributed by atoms with Gasteiger partial charge in [-0.3, -0.25) is 18.7 Å². The molecule has 9 nitrogen and oxygen atoms in total. The van der Waals surface area contributed by atoms with E-state index in [0.717, 1.165) is 4.57 Å². The molecule has 0 aliphatic heterocycles. The van der Waals surface area contributed by atoms with Crippen LogP contribution in [0, 0.1) is 0 Å². The number of esters is 1. The molecule has 0 amide bonds. The predicted molar refractivity (Wildman–Crippen MR) is 89.4 cm³/mol. The lowest BCUT2D eigenvalue weighted by molar-refractivity contribution is -0.135. The quantitative estimate of drug-likeness (QED) is 0.347. The molecule has 0 saturated carbocycles. The SMILES string of the molecule is CC(=O)O/C=C\C=C\C=Nc1nc2c(c(=O)n(C)c(=O)n2C)n1C. The van der Waals surface area contributed by atoms with Gasteiger partial charge < -0.3 is 9.30 Å². The molecule has 0 aliphatic carbocycles. The van der Waals surface area contributed by atoms with Crippen molar-refractivity contribution in [3.8, 4) is 0 Å². The van der Waals surface area contributed by atoms with Crippen LogP contribution in [0.15, 0.2) is 39.1 Å². The highest BCUT2D eigenvalue weighted by atomic mass is 16.5. The summed E-state index contributed by atoms with van der Waals surface area (Å²) in [5.74, 6) is -0.114. The molecule has 2 aromatic rings. The second kappa shape index (κ2) is 6.90. The number of aryl methyl sites for hydroxylation is 2. The molecule has 2 heterocycles. The van der Waals surface area contributed by atoms with Gasteiger partial charge in [0, 0.05) is 34.3 Å². The van der Waals surface area contributed by atoms with Crippen LogP contribution in [0.4, 0.5) is 5.95 Å². The monoisotopic (exact) mass is 331 g/mol. The number of imidazole rings is 1. The van der Waals surface area contributed by atoms with Crippen LogP contribution in [0.1, 0.15) is 6.92 Å². The number of carbonyl (C=O) groups is 1. The van der Waals surface area contributed by atoms with Crippen molar-refractivity contribution in [3.05, 3.63) is 45.3 Å². The molecule has 0 N–H and O–H groups in total. The van der Waals surface area contributed by atoms with Crippen LogP contribution >= 0.6 is 0 Å². The Balaban J connectivity index is 2.33. The lowest BCUT2D eigenvalue weighted by Gasteiger charge is -2.02. The number of allylic oxidation sites excluding steroid dienone is 3. The minimum Gasteiger partial charge on any atom is -0.435 e. The molecule has 9 heteroatoms. The van der Waals surface area contributed by atoms with Gasteiger partial charge in [-0.05, 0) is 12.2 Å². The summed E-state index contributed by atoms with van der Waals surface area (Å²) < 4.78 is 8.46. The summed E-state index contributed by atoms with van der Waals surface area (Å²) in [6.07, 6.45) is 7.48. The summed E-state index contributed by atoms with van der Waals surface area (Å²) in [5, 5.41) is 0. The number of hydrogen-bond donors (Lipinski definition) is 0. The highest BCUT2D eigenvalue weighted by Crippen LogP contribution is 2.15. The van der Waals surface area contributed by atoms with Gasteiger partial charge in [0.15, 0.2) is 11.2 Å². The number of aliphatic imine (C=N–C) groups is 1. The van der Waals surface area contributed by atoms with Crippen molar-refractivity contribution in [1.82, 2.24) is 18.7 Å². The van der Waals surface area contributed by atoms with Crippen LogP contribution in [0.3, 0.4) is 0 Å². The Bertz CT molecular complexity index is 988. The Kier molecular flexibility index (Phi) is 4.93. The first-order chi connectivity index (χ1) is 11.3. The normalized spacial score (nSPS) is 12.2. The van der Waals surface area contributed by atoms with Crippen molar-refractivity contribution < 1.29 is 9.53 Å². The van der Waals surface area contributed by atoms with E-state index in [2.05, 4.69) is 14.7 Å². The van der Waals surface area contributed by atoms with Crippen molar-refractivity contribution in [1.29, 1.82) is 0 Å². The molecular weight excluding hydrogens is 314 g/mol. The van der Waals surface area contributed by atoms with Gasteiger partial charge in [-0.2, -0.15) is 4.98 Å². The summed E-state index contributed by atoms with van der Waals surface area (Å²) in [7, 11) is 4.61. The minimum absolute atomic E-state index is 0.275. The Morgan fingerprint density at radius 2 is 1.79 bits per heavy atom. The standard InChI is InChI=1S/C15H17N5O4/c1-10(21)24-9-7-5-6-8-16-14-17-12-11(18(14)2)13(22)20(4)15(23)19(12)3/h5-9H,1-4H3/b6-5+,9-7-,16-8?. The molecule has 0 aromatic carbocycles.